The van der Waals surface area contributed by atoms with Crippen LogP contribution in [-0.4, -0.2) is 49.1 Å². The molecule has 7 heteroatoms. The van der Waals surface area contributed by atoms with E-state index in [1.165, 1.54) is 12.8 Å². The van der Waals surface area contributed by atoms with Crippen molar-refractivity contribution in [3.8, 4) is 16.9 Å². The molecule has 2 aliphatic heterocycles. The van der Waals surface area contributed by atoms with Crippen molar-refractivity contribution in [3.63, 3.8) is 0 Å². The van der Waals surface area contributed by atoms with Gasteiger partial charge in [0.25, 0.3) is 5.91 Å². The molecular formula is C23H23ClN2O4. The number of ether oxygens (including phenoxy) is 2. The number of fused-ring (bicyclic) bond motifs is 2. The Balaban J connectivity index is 1.46. The van der Waals surface area contributed by atoms with Crippen LogP contribution < -0.4 is 10.1 Å². The zero-order valence-electron chi connectivity index (χ0n) is 16.7. The highest BCUT2D eigenvalue weighted by Gasteiger charge is 2.43. The molecule has 156 valence electrons. The first-order valence-corrected chi connectivity index (χ1v) is 10.6. The molecule has 2 fully saturated rings. The number of benzene rings is 2. The zero-order chi connectivity index (χ0) is 20.8. The van der Waals surface area contributed by atoms with Crippen LogP contribution in [0, 0.1) is 5.92 Å². The molecule has 0 bridgehead atoms. The van der Waals surface area contributed by atoms with Crippen LogP contribution in [0.15, 0.2) is 36.4 Å². The molecule has 1 N–H and O–H groups in total. The van der Waals surface area contributed by atoms with Crippen molar-refractivity contribution in [1.29, 1.82) is 0 Å². The number of anilines is 1. The van der Waals surface area contributed by atoms with Crippen molar-refractivity contribution in [1.82, 2.24) is 4.90 Å². The summed E-state index contributed by atoms with van der Waals surface area (Å²) in [5, 5.41) is 3.51. The Morgan fingerprint density at radius 2 is 1.97 bits per heavy atom. The number of rotatable bonds is 5. The molecular weight excluding hydrogens is 404 g/mol. The summed E-state index contributed by atoms with van der Waals surface area (Å²) in [5.74, 6) is 0.990. The number of amides is 2. The van der Waals surface area contributed by atoms with Crippen LogP contribution in [0.25, 0.3) is 11.1 Å². The second-order valence-corrected chi connectivity index (χ2v) is 8.64. The quantitative estimate of drug-likeness (QED) is 0.785. The number of carbonyl (C=O) groups excluding carboxylic acids is 2. The molecule has 2 atom stereocenters. The molecule has 0 unspecified atom stereocenters. The molecule has 2 aromatic rings. The van der Waals surface area contributed by atoms with Crippen LogP contribution >= 0.6 is 11.6 Å². The first kappa shape index (κ1) is 19.4. The third-order valence-electron chi connectivity index (χ3n) is 6.07. The van der Waals surface area contributed by atoms with Crippen LogP contribution in [0.3, 0.4) is 0 Å². The molecule has 5 rings (SSSR count). The van der Waals surface area contributed by atoms with E-state index in [1.807, 2.05) is 12.1 Å². The predicted octanol–water partition coefficient (Wildman–Crippen LogP) is 3.98. The highest BCUT2D eigenvalue weighted by molar-refractivity contribution is 6.31. The topological polar surface area (TPSA) is 67.9 Å². The van der Waals surface area contributed by atoms with E-state index in [2.05, 4.69) is 5.32 Å². The molecule has 1 aliphatic carbocycles. The molecule has 2 aromatic carbocycles. The first-order chi connectivity index (χ1) is 14.5. The first-order valence-electron chi connectivity index (χ1n) is 10.2. The second-order valence-electron chi connectivity index (χ2n) is 8.20. The number of carbonyl (C=O) groups is 2. The van der Waals surface area contributed by atoms with Gasteiger partial charge < -0.3 is 19.7 Å². The molecule has 1 saturated heterocycles. The minimum Gasteiger partial charge on any atom is -0.496 e. The van der Waals surface area contributed by atoms with Gasteiger partial charge in [0.15, 0.2) is 0 Å². The Kier molecular flexibility index (Phi) is 4.91. The average Bonchev–Trinajstić information content (AvgIpc) is 3.49. The van der Waals surface area contributed by atoms with Gasteiger partial charge in [-0.1, -0.05) is 17.7 Å². The molecule has 6 nitrogen and oxygen atoms in total. The van der Waals surface area contributed by atoms with Gasteiger partial charge in [0.2, 0.25) is 5.91 Å². The van der Waals surface area contributed by atoms with Crippen molar-refractivity contribution >= 4 is 29.1 Å². The fourth-order valence-corrected chi connectivity index (χ4v) is 4.39. The zero-order valence-corrected chi connectivity index (χ0v) is 17.4. The van der Waals surface area contributed by atoms with E-state index in [-0.39, 0.29) is 17.9 Å². The van der Waals surface area contributed by atoms with Gasteiger partial charge in [-0.15, -0.1) is 0 Å². The Hall–Kier alpha value is -2.57. The number of halogens is 1. The minimum atomic E-state index is -0.502. The predicted molar refractivity (Wildman–Crippen MR) is 114 cm³/mol. The van der Waals surface area contributed by atoms with E-state index in [0.717, 1.165) is 17.7 Å². The summed E-state index contributed by atoms with van der Waals surface area (Å²) < 4.78 is 11.4. The van der Waals surface area contributed by atoms with Crippen LogP contribution in [-0.2, 0) is 9.53 Å². The molecule has 1 saturated carbocycles. The van der Waals surface area contributed by atoms with Crippen LogP contribution in [0.5, 0.6) is 5.75 Å². The SMILES string of the molecule is COc1ccc(Cl)cc1-c1ccc2c(c1)C(=O)N1C[C@H](OCC3CC3)C[C@H]1C(=O)N2. The minimum absolute atomic E-state index is 0.0944. The van der Waals surface area contributed by atoms with Gasteiger partial charge in [-0.3, -0.25) is 9.59 Å². The summed E-state index contributed by atoms with van der Waals surface area (Å²) in [6, 6.07) is 10.3. The van der Waals surface area contributed by atoms with Gasteiger partial charge in [-0.2, -0.15) is 0 Å². The van der Waals surface area contributed by atoms with Gasteiger partial charge >= 0.3 is 0 Å². The van der Waals surface area contributed by atoms with E-state index in [0.29, 0.717) is 40.9 Å². The summed E-state index contributed by atoms with van der Waals surface area (Å²) in [6.45, 7) is 1.16. The largest absolute Gasteiger partial charge is 0.496 e. The molecule has 3 aliphatic rings. The van der Waals surface area contributed by atoms with E-state index in [1.54, 1.807) is 36.3 Å². The normalized spacial score (nSPS) is 22.9. The van der Waals surface area contributed by atoms with Crippen molar-refractivity contribution in [2.45, 2.75) is 31.4 Å². The highest BCUT2D eigenvalue weighted by atomic mass is 35.5. The summed E-state index contributed by atoms with van der Waals surface area (Å²) in [6.07, 6.45) is 2.86. The Bertz CT molecular complexity index is 1020. The standard InChI is InChI=1S/C23H23ClN2O4/c1-29-21-7-5-15(24)9-17(21)14-4-6-19-18(8-14)23(28)26-11-16(30-12-13-2-3-13)10-20(26)22(27)25-19/h4-9,13,16,20H,2-3,10-12H2,1H3,(H,25,27)/t16-,20+/m1/s1. The lowest BCUT2D eigenvalue weighted by Crippen LogP contribution is -2.40. The second kappa shape index (κ2) is 7.60. The molecule has 0 spiro atoms. The van der Waals surface area contributed by atoms with Crippen molar-refractivity contribution in [3.05, 3.63) is 47.0 Å². The van der Waals surface area contributed by atoms with Crippen molar-refractivity contribution in [2.75, 3.05) is 25.6 Å². The van der Waals surface area contributed by atoms with E-state index in [9.17, 15) is 9.59 Å². The summed E-state index contributed by atoms with van der Waals surface area (Å²) >= 11 is 6.18. The van der Waals surface area contributed by atoms with Crippen molar-refractivity contribution in [2.24, 2.45) is 5.92 Å². The highest BCUT2D eigenvalue weighted by Crippen LogP contribution is 2.37. The fourth-order valence-electron chi connectivity index (χ4n) is 4.22. The molecule has 0 aromatic heterocycles. The van der Waals surface area contributed by atoms with Gasteiger partial charge in [0.05, 0.1) is 24.5 Å². The Labute approximate surface area is 180 Å². The smallest absolute Gasteiger partial charge is 0.256 e. The number of nitrogens with one attached hydrogen (secondary N) is 1. The Morgan fingerprint density at radius 3 is 2.73 bits per heavy atom. The summed E-state index contributed by atoms with van der Waals surface area (Å²) in [5.41, 5.74) is 2.59. The lowest BCUT2D eigenvalue weighted by atomic mass is 10.0. The Morgan fingerprint density at radius 1 is 1.13 bits per heavy atom. The van der Waals surface area contributed by atoms with Crippen LogP contribution in [0.2, 0.25) is 5.02 Å². The van der Waals surface area contributed by atoms with Gasteiger partial charge in [0, 0.05) is 30.2 Å². The molecule has 0 radical (unpaired) electrons. The van der Waals surface area contributed by atoms with Crippen LogP contribution in [0.4, 0.5) is 5.69 Å². The number of hydrogen-bond donors (Lipinski definition) is 1. The third-order valence-corrected chi connectivity index (χ3v) is 6.31. The monoisotopic (exact) mass is 426 g/mol. The number of methoxy groups -OCH3 is 1. The van der Waals surface area contributed by atoms with Gasteiger partial charge in [-0.25, -0.2) is 0 Å². The maximum atomic E-state index is 13.4. The fraction of sp³-hybridized carbons (Fsp3) is 0.391. The van der Waals surface area contributed by atoms with Gasteiger partial charge in [-0.05, 0) is 54.7 Å². The summed E-state index contributed by atoms with van der Waals surface area (Å²) in [4.78, 5) is 27.8. The molecule has 2 heterocycles. The lowest BCUT2D eigenvalue weighted by molar-refractivity contribution is -0.119. The molecule has 2 amide bonds. The maximum absolute atomic E-state index is 13.4. The number of nitrogens with zero attached hydrogens (tertiary/aromatic N) is 1. The van der Waals surface area contributed by atoms with E-state index < -0.39 is 6.04 Å². The van der Waals surface area contributed by atoms with Crippen LogP contribution in [0.1, 0.15) is 29.6 Å². The molecule has 30 heavy (non-hydrogen) atoms. The lowest BCUT2D eigenvalue weighted by Gasteiger charge is -2.20. The third kappa shape index (κ3) is 3.55. The average molecular weight is 427 g/mol. The van der Waals surface area contributed by atoms with E-state index in [4.69, 9.17) is 21.1 Å². The maximum Gasteiger partial charge on any atom is 0.256 e. The van der Waals surface area contributed by atoms with E-state index >= 15 is 0 Å². The van der Waals surface area contributed by atoms with Gasteiger partial charge in [0.1, 0.15) is 11.8 Å². The summed E-state index contributed by atoms with van der Waals surface area (Å²) in [7, 11) is 1.60. The number of hydrogen-bond acceptors (Lipinski definition) is 4. The van der Waals surface area contributed by atoms with Crippen molar-refractivity contribution < 1.29 is 19.1 Å².